The standard InChI is InChI=1S/C27H27N3O4S/c1-18-12-14-21(15-13-18)35-27-23(29-30-28)25(31-16-19-8-4-2-5-9-19)24-22(33-27)17-32-26(34-24)20-10-6-3-7-11-20/h2-15,22-27H,16-17H2,1H3/t22-,23+,24-,25-,26?,27-/m1/s1. The van der Waals surface area contributed by atoms with Gasteiger partial charge in [-0.1, -0.05) is 95.2 Å². The summed E-state index contributed by atoms with van der Waals surface area (Å²) in [7, 11) is 0. The molecule has 3 aromatic carbocycles. The SMILES string of the molecule is Cc1ccc(S[C@H]2O[C@@H]3COC(c4ccccc4)O[C@H]3[C@H](OCc3ccccc3)[C@@H]2N=[N+]=[N-])cc1. The van der Waals surface area contributed by atoms with Crippen molar-refractivity contribution in [2.45, 2.75) is 54.5 Å². The van der Waals surface area contributed by atoms with Crippen LogP contribution in [-0.4, -0.2) is 36.4 Å². The summed E-state index contributed by atoms with van der Waals surface area (Å²) in [5, 5.41) is 4.15. The van der Waals surface area contributed by atoms with Gasteiger partial charge in [0.25, 0.3) is 0 Å². The van der Waals surface area contributed by atoms with Crippen molar-refractivity contribution in [2.24, 2.45) is 5.11 Å². The number of ether oxygens (including phenoxy) is 4. The monoisotopic (exact) mass is 489 g/mol. The van der Waals surface area contributed by atoms with Gasteiger partial charge < -0.3 is 18.9 Å². The maximum absolute atomic E-state index is 9.44. The lowest BCUT2D eigenvalue weighted by molar-refractivity contribution is -0.311. The van der Waals surface area contributed by atoms with Gasteiger partial charge >= 0.3 is 0 Å². The fourth-order valence-electron chi connectivity index (χ4n) is 4.33. The summed E-state index contributed by atoms with van der Waals surface area (Å²) in [6, 6.07) is 27.3. The summed E-state index contributed by atoms with van der Waals surface area (Å²) in [5.41, 5.74) is 12.1. The predicted octanol–water partition coefficient (Wildman–Crippen LogP) is 6.19. The van der Waals surface area contributed by atoms with Crippen molar-refractivity contribution >= 4 is 11.8 Å². The second kappa shape index (κ2) is 11.3. The molecule has 2 fully saturated rings. The molecule has 2 aliphatic rings. The average Bonchev–Trinajstić information content (AvgIpc) is 2.90. The van der Waals surface area contributed by atoms with Crippen LogP contribution >= 0.6 is 11.8 Å². The third-order valence-corrected chi connectivity index (χ3v) is 7.29. The molecule has 1 unspecified atom stereocenters. The Morgan fingerprint density at radius 3 is 2.40 bits per heavy atom. The number of hydrogen-bond acceptors (Lipinski definition) is 6. The number of fused-ring (bicyclic) bond motifs is 1. The molecule has 0 radical (unpaired) electrons. The van der Waals surface area contributed by atoms with E-state index >= 15 is 0 Å². The summed E-state index contributed by atoms with van der Waals surface area (Å²) in [6.07, 6.45) is -1.87. The molecular formula is C27H27N3O4S. The molecule has 2 saturated heterocycles. The van der Waals surface area contributed by atoms with E-state index in [-0.39, 0.29) is 6.10 Å². The highest BCUT2D eigenvalue weighted by molar-refractivity contribution is 7.99. The lowest BCUT2D eigenvalue weighted by atomic mass is 9.97. The summed E-state index contributed by atoms with van der Waals surface area (Å²) < 4.78 is 25.3. The Labute approximate surface area is 209 Å². The molecule has 0 spiro atoms. The van der Waals surface area contributed by atoms with Gasteiger partial charge in [0, 0.05) is 15.4 Å². The minimum atomic E-state index is -0.592. The maximum Gasteiger partial charge on any atom is 0.184 e. The van der Waals surface area contributed by atoms with Gasteiger partial charge in [0.2, 0.25) is 0 Å². The molecule has 8 heteroatoms. The molecule has 0 saturated carbocycles. The third-order valence-electron chi connectivity index (χ3n) is 6.12. The largest absolute Gasteiger partial charge is 0.370 e. The number of benzene rings is 3. The molecule has 7 nitrogen and oxygen atoms in total. The second-order valence-corrected chi connectivity index (χ2v) is 9.78. The van der Waals surface area contributed by atoms with Crippen molar-refractivity contribution in [3.8, 4) is 0 Å². The fourth-order valence-corrected chi connectivity index (χ4v) is 5.44. The van der Waals surface area contributed by atoms with E-state index in [1.807, 2.05) is 79.7 Å². The van der Waals surface area contributed by atoms with E-state index in [1.165, 1.54) is 17.3 Å². The van der Waals surface area contributed by atoms with Crippen molar-refractivity contribution < 1.29 is 18.9 Å². The first kappa shape index (κ1) is 23.9. The Hall–Kier alpha value is -2.84. The summed E-state index contributed by atoms with van der Waals surface area (Å²) in [5.74, 6) is 0. The summed E-state index contributed by atoms with van der Waals surface area (Å²) >= 11 is 1.52. The smallest absolute Gasteiger partial charge is 0.184 e. The van der Waals surface area contributed by atoms with Crippen LogP contribution in [0.5, 0.6) is 0 Å². The maximum atomic E-state index is 9.44. The van der Waals surface area contributed by atoms with Crippen LogP contribution in [0.15, 0.2) is 94.9 Å². The first-order chi connectivity index (χ1) is 17.2. The Morgan fingerprint density at radius 2 is 1.69 bits per heavy atom. The third kappa shape index (κ3) is 5.70. The van der Waals surface area contributed by atoms with Crippen molar-refractivity contribution in [1.82, 2.24) is 0 Å². The Kier molecular flexibility index (Phi) is 7.69. The van der Waals surface area contributed by atoms with Crippen molar-refractivity contribution in [3.05, 3.63) is 112 Å². The molecule has 0 aliphatic carbocycles. The predicted molar refractivity (Wildman–Crippen MR) is 134 cm³/mol. The van der Waals surface area contributed by atoms with Crippen LogP contribution in [0.3, 0.4) is 0 Å². The topological polar surface area (TPSA) is 85.7 Å². The molecule has 2 heterocycles. The second-order valence-electron chi connectivity index (χ2n) is 8.61. The van der Waals surface area contributed by atoms with E-state index in [0.717, 1.165) is 16.0 Å². The van der Waals surface area contributed by atoms with E-state index < -0.39 is 30.0 Å². The quantitative estimate of drug-likeness (QED) is 0.224. The zero-order chi connectivity index (χ0) is 24.0. The molecule has 2 aliphatic heterocycles. The Morgan fingerprint density at radius 1 is 0.971 bits per heavy atom. The van der Waals surface area contributed by atoms with Crippen molar-refractivity contribution in [3.63, 3.8) is 0 Å². The van der Waals surface area contributed by atoms with Gasteiger partial charge in [0.15, 0.2) is 6.29 Å². The van der Waals surface area contributed by atoms with Crippen molar-refractivity contribution in [2.75, 3.05) is 6.61 Å². The molecule has 0 aromatic heterocycles. The Bertz CT molecular complexity index is 1140. The van der Waals surface area contributed by atoms with E-state index in [1.54, 1.807) is 0 Å². The molecule has 0 amide bonds. The summed E-state index contributed by atoms with van der Waals surface area (Å²) in [4.78, 5) is 4.18. The molecule has 0 bridgehead atoms. The Balaban J connectivity index is 1.42. The van der Waals surface area contributed by atoms with Crippen LogP contribution in [-0.2, 0) is 25.6 Å². The molecule has 5 rings (SSSR count). The van der Waals surface area contributed by atoms with Gasteiger partial charge in [-0.2, -0.15) is 0 Å². The highest BCUT2D eigenvalue weighted by atomic mass is 32.2. The number of hydrogen-bond donors (Lipinski definition) is 0. The van der Waals surface area contributed by atoms with Crippen LogP contribution in [0.25, 0.3) is 10.4 Å². The van der Waals surface area contributed by atoms with Gasteiger partial charge in [-0.05, 0) is 30.2 Å². The molecule has 3 aromatic rings. The van der Waals surface area contributed by atoms with Gasteiger partial charge in [0.1, 0.15) is 23.7 Å². The zero-order valence-corrected chi connectivity index (χ0v) is 20.2. The van der Waals surface area contributed by atoms with Crippen LogP contribution in [0.4, 0.5) is 0 Å². The first-order valence-electron chi connectivity index (χ1n) is 11.6. The fraction of sp³-hybridized carbons (Fsp3) is 0.333. The van der Waals surface area contributed by atoms with E-state index in [9.17, 15) is 5.53 Å². The molecular weight excluding hydrogens is 462 g/mol. The lowest BCUT2D eigenvalue weighted by Gasteiger charge is -2.48. The zero-order valence-electron chi connectivity index (χ0n) is 19.3. The van der Waals surface area contributed by atoms with Crippen molar-refractivity contribution in [1.29, 1.82) is 0 Å². The molecule has 0 N–H and O–H groups in total. The minimum absolute atomic E-state index is 0.351. The minimum Gasteiger partial charge on any atom is -0.370 e. The number of azide groups is 1. The highest BCUT2D eigenvalue weighted by Gasteiger charge is 2.50. The van der Waals surface area contributed by atoms with Gasteiger partial charge in [-0.25, -0.2) is 0 Å². The molecule has 180 valence electrons. The normalized spacial score (nSPS) is 28.0. The number of aryl methyl sites for hydroxylation is 1. The molecule has 6 atom stereocenters. The van der Waals surface area contributed by atoms with Gasteiger partial charge in [0.05, 0.1) is 19.3 Å². The van der Waals surface area contributed by atoms with Crippen LogP contribution in [0.2, 0.25) is 0 Å². The number of nitrogens with zero attached hydrogens (tertiary/aromatic N) is 3. The van der Waals surface area contributed by atoms with Crippen LogP contribution < -0.4 is 0 Å². The average molecular weight is 490 g/mol. The van der Waals surface area contributed by atoms with Gasteiger partial charge in [-0.3, -0.25) is 0 Å². The number of thioether (sulfide) groups is 1. The van der Waals surface area contributed by atoms with Crippen LogP contribution in [0.1, 0.15) is 23.0 Å². The first-order valence-corrected chi connectivity index (χ1v) is 12.5. The van der Waals surface area contributed by atoms with E-state index in [4.69, 9.17) is 18.9 Å². The summed E-state index contributed by atoms with van der Waals surface area (Å²) in [6.45, 7) is 2.77. The highest BCUT2D eigenvalue weighted by Crippen LogP contribution is 2.41. The lowest BCUT2D eigenvalue weighted by Crippen LogP contribution is -2.61. The van der Waals surface area contributed by atoms with Gasteiger partial charge in [-0.15, -0.1) is 0 Å². The molecule has 35 heavy (non-hydrogen) atoms. The van der Waals surface area contributed by atoms with Crippen LogP contribution in [0, 0.1) is 6.92 Å². The van der Waals surface area contributed by atoms with E-state index in [0.29, 0.717) is 13.2 Å². The number of rotatable bonds is 7. The van der Waals surface area contributed by atoms with E-state index in [2.05, 4.69) is 22.2 Å².